The third-order valence-corrected chi connectivity index (χ3v) is 5.66. The van der Waals surface area contributed by atoms with Crippen molar-refractivity contribution < 1.29 is 24.2 Å². The number of rotatable bonds is 7. The maximum Gasteiger partial charge on any atom is 0.307 e. The molecule has 33 heavy (non-hydrogen) atoms. The molecule has 0 atom stereocenters. The predicted molar refractivity (Wildman–Crippen MR) is 129 cm³/mol. The van der Waals surface area contributed by atoms with Crippen LogP contribution in [0.1, 0.15) is 49.2 Å². The van der Waals surface area contributed by atoms with Crippen LogP contribution in [0.3, 0.4) is 0 Å². The zero-order chi connectivity index (χ0) is 23.9. The van der Waals surface area contributed by atoms with Crippen LogP contribution in [0, 0.1) is 0 Å². The minimum absolute atomic E-state index is 0.0540. The highest BCUT2D eigenvalue weighted by atomic mass is 35.5. The highest BCUT2D eigenvalue weighted by Crippen LogP contribution is 2.44. The molecule has 1 heterocycles. The number of aliphatic carboxylic acids is 1. The van der Waals surface area contributed by atoms with Crippen molar-refractivity contribution in [2.75, 3.05) is 4.90 Å². The van der Waals surface area contributed by atoms with Gasteiger partial charge in [-0.1, -0.05) is 29.8 Å². The van der Waals surface area contributed by atoms with E-state index in [0.717, 1.165) is 16.3 Å². The van der Waals surface area contributed by atoms with Crippen LogP contribution in [0.25, 0.3) is 10.8 Å². The van der Waals surface area contributed by atoms with E-state index in [2.05, 4.69) is 0 Å². The lowest BCUT2D eigenvalue weighted by atomic mass is 9.98. The SMILES string of the molecule is CC(C)Oc1cc2cccc(OC(C)C)c2c2c1CN(c1ccc(CC(=O)O)cc1Cl)C2=O. The van der Waals surface area contributed by atoms with Gasteiger partial charge in [-0.3, -0.25) is 9.59 Å². The van der Waals surface area contributed by atoms with Gasteiger partial charge < -0.3 is 19.5 Å². The molecule has 1 aliphatic rings. The van der Waals surface area contributed by atoms with Crippen LogP contribution in [0.2, 0.25) is 5.02 Å². The number of anilines is 1. The molecule has 172 valence electrons. The summed E-state index contributed by atoms with van der Waals surface area (Å²) in [6, 6.07) is 12.6. The first-order valence-electron chi connectivity index (χ1n) is 10.9. The van der Waals surface area contributed by atoms with Gasteiger partial charge in [0.2, 0.25) is 0 Å². The second-order valence-corrected chi connectivity index (χ2v) is 9.07. The van der Waals surface area contributed by atoms with E-state index in [1.807, 2.05) is 52.0 Å². The van der Waals surface area contributed by atoms with Crippen molar-refractivity contribution in [1.29, 1.82) is 0 Å². The zero-order valence-corrected chi connectivity index (χ0v) is 19.8. The minimum Gasteiger partial charge on any atom is -0.491 e. The summed E-state index contributed by atoms with van der Waals surface area (Å²) in [5.41, 5.74) is 2.43. The van der Waals surface area contributed by atoms with Gasteiger partial charge in [-0.25, -0.2) is 0 Å². The maximum absolute atomic E-state index is 13.8. The first kappa shape index (κ1) is 22.9. The number of ether oxygens (including phenoxy) is 2. The van der Waals surface area contributed by atoms with Gasteiger partial charge in [0.05, 0.1) is 41.4 Å². The molecule has 7 heteroatoms. The van der Waals surface area contributed by atoms with Gasteiger partial charge >= 0.3 is 5.97 Å². The van der Waals surface area contributed by atoms with E-state index in [1.54, 1.807) is 23.1 Å². The van der Waals surface area contributed by atoms with Gasteiger partial charge in [-0.05, 0) is 62.9 Å². The molecule has 1 N–H and O–H groups in total. The molecule has 0 saturated carbocycles. The van der Waals surface area contributed by atoms with Gasteiger partial charge in [0, 0.05) is 10.9 Å². The second-order valence-electron chi connectivity index (χ2n) is 8.66. The Morgan fingerprint density at radius 2 is 1.76 bits per heavy atom. The average Bonchev–Trinajstić information content (AvgIpc) is 3.04. The van der Waals surface area contributed by atoms with Gasteiger partial charge in [0.15, 0.2) is 0 Å². The van der Waals surface area contributed by atoms with Crippen molar-refractivity contribution in [3.8, 4) is 11.5 Å². The van der Waals surface area contributed by atoms with Crippen LogP contribution in [0.4, 0.5) is 5.69 Å². The first-order valence-corrected chi connectivity index (χ1v) is 11.3. The molecule has 6 nitrogen and oxygen atoms in total. The Bertz CT molecular complexity index is 1250. The summed E-state index contributed by atoms with van der Waals surface area (Å²) in [5, 5.41) is 11.0. The number of fused-ring (bicyclic) bond motifs is 3. The molecule has 0 radical (unpaired) electrons. The Morgan fingerprint density at radius 1 is 1.06 bits per heavy atom. The molecule has 0 aliphatic carbocycles. The van der Waals surface area contributed by atoms with Crippen LogP contribution in [-0.4, -0.2) is 29.2 Å². The highest BCUT2D eigenvalue weighted by molar-refractivity contribution is 6.34. The molecule has 0 saturated heterocycles. The second kappa shape index (κ2) is 8.94. The highest BCUT2D eigenvalue weighted by Gasteiger charge is 2.35. The molecule has 1 amide bonds. The lowest BCUT2D eigenvalue weighted by Gasteiger charge is -2.18. The number of carboxylic acid groups (broad SMARTS) is 1. The van der Waals surface area contributed by atoms with Crippen LogP contribution in [-0.2, 0) is 17.8 Å². The van der Waals surface area contributed by atoms with Gasteiger partial charge in [0.25, 0.3) is 5.91 Å². The monoisotopic (exact) mass is 467 g/mol. The lowest BCUT2D eigenvalue weighted by Crippen LogP contribution is -2.23. The summed E-state index contributed by atoms with van der Waals surface area (Å²) >= 11 is 6.50. The fourth-order valence-corrected chi connectivity index (χ4v) is 4.46. The molecular formula is C26H26ClNO5. The average molecular weight is 468 g/mol. The van der Waals surface area contributed by atoms with E-state index in [0.29, 0.717) is 39.9 Å². The summed E-state index contributed by atoms with van der Waals surface area (Å²) in [5.74, 6) is 0.164. The summed E-state index contributed by atoms with van der Waals surface area (Å²) < 4.78 is 12.1. The number of amides is 1. The summed E-state index contributed by atoms with van der Waals surface area (Å²) in [4.78, 5) is 26.4. The van der Waals surface area contributed by atoms with Crippen LogP contribution >= 0.6 is 11.6 Å². The van der Waals surface area contributed by atoms with Crippen molar-refractivity contribution >= 4 is 39.9 Å². The van der Waals surface area contributed by atoms with E-state index in [-0.39, 0.29) is 24.5 Å². The Labute approximate surface area is 197 Å². The molecule has 0 fully saturated rings. The van der Waals surface area contributed by atoms with Crippen LogP contribution in [0.15, 0.2) is 42.5 Å². The molecule has 0 spiro atoms. The number of halogens is 1. The third-order valence-electron chi connectivity index (χ3n) is 5.35. The minimum atomic E-state index is -0.942. The number of carbonyl (C=O) groups is 2. The molecule has 3 aromatic rings. The first-order chi connectivity index (χ1) is 15.7. The van der Waals surface area contributed by atoms with Crippen LogP contribution < -0.4 is 14.4 Å². The van der Waals surface area contributed by atoms with Crippen molar-refractivity contribution in [3.05, 3.63) is 64.2 Å². The fourth-order valence-electron chi connectivity index (χ4n) is 4.16. The van der Waals surface area contributed by atoms with Crippen molar-refractivity contribution in [3.63, 3.8) is 0 Å². The summed E-state index contributed by atoms with van der Waals surface area (Å²) in [6.07, 6.45) is -0.257. The van der Waals surface area contributed by atoms with E-state index >= 15 is 0 Å². The quantitative estimate of drug-likeness (QED) is 0.471. The van der Waals surface area contributed by atoms with E-state index < -0.39 is 5.97 Å². The van der Waals surface area contributed by atoms with Crippen molar-refractivity contribution in [2.24, 2.45) is 0 Å². The lowest BCUT2D eigenvalue weighted by molar-refractivity contribution is -0.136. The van der Waals surface area contributed by atoms with E-state index in [1.165, 1.54) is 0 Å². The van der Waals surface area contributed by atoms with Gasteiger partial charge in [-0.15, -0.1) is 0 Å². The predicted octanol–water partition coefficient (Wildman–Crippen LogP) is 5.86. The maximum atomic E-state index is 13.8. The Morgan fingerprint density at radius 3 is 2.39 bits per heavy atom. The fraction of sp³-hybridized carbons (Fsp3) is 0.308. The molecular weight excluding hydrogens is 442 g/mol. The van der Waals surface area contributed by atoms with Crippen molar-refractivity contribution in [2.45, 2.75) is 52.9 Å². The normalized spacial score (nSPS) is 13.2. The molecule has 1 aliphatic heterocycles. The Balaban J connectivity index is 1.86. The third kappa shape index (κ3) is 4.48. The summed E-state index contributed by atoms with van der Waals surface area (Å²) in [6.45, 7) is 8.08. The van der Waals surface area contributed by atoms with Crippen LogP contribution in [0.5, 0.6) is 11.5 Å². The molecule has 4 rings (SSSR count). The Kier molecular flexibility index (Phi) is 6.21. The van der Waals surface area contributed by atoms with Gasteiger partial charge in [-0.2, -0.15) is 0 Å². The largest absolute Gasteiger partial charge is 0.491 e. The molecule has 3 aromatic carbocycles. The number of nitrogens with zero attached hydrogens (tertiary/aromatic N) is 1. The molecule has 0 bridgehead atoms. The smallest absolute Gasteiger partial charge is 0.307 e. The number of hydrogen-bond donors (Lipinski definition) is 1. The number of benzene rings is 3. The Hall–Kier alpha value is -3.25. The van der Waals surface area contributed by atoms with E-state index in [9.17, 15) is 9.59 Å². The summed E-state index contributed by atoms with van der Waals surface area (Å²) in [7, 11) is 0. The van der Waals surface area contributed by atoms with Crippen molar-refractivity contribution in [1.82, 2.24) is 0 Å². The molecule has 0 aromatic heterocycles. The van der Waals surface area contributed by atoms with E-state index in [4.69, 9.17) is 26.2 Å². The number of hydrogen-bond acceptors (Lipinski definition) is 4. The topological polar surface area (TPSA) is 76.1 Å². The standard InChI is InChI=1S/C26H26ClNO5/c1-14(2)32-21-7-5-6-17-12-22(33-15(3)4)18-13-28(26(31)25(18)24(17)21)20-9-8-16(10-19(20)27)11-23(29)30/h5-10,12,14-15H,11,13H2,1-4H3,(H,29,30). The zero-order valence-electron chi connectivity index (χ0n) is 19.0. The number of carbonyl (C=O) groups excluding carboxylic acids is 1. The van der Waals surface area contributed by atoms with Gasteiger partial charge in [0.1, 0.15) is 11.5 Å². The molecule has 0 unspecified atom stereocenters. The number of carboxylic acids is 1.